The van der Waals surface area contributed by atoms with Crippen LogP contribution in [0.4, 0.5) is 0 Å². The number of carbonyl (C=O) groups is 3. The van der Waals surface area contributed by atoms with Crippen molar-refractivity contribution in [3.63, 3.8) is 0 Å². The fraction of sp³-hybridized carbons (Fsp3) is 0.609. The molecule has 0 aromatic heterocycles. The minimum atomic E-state index is -1.48. The molecule has 1 aromatic carbocycles. The Hall–Kier alpha value is -2.41. The average molecular weight is 415 g/mol. The number of imide groups is 1. The number of amides is 2. The summed E-state index contributed by atoms with van der Waals surface area (Å²) in [6, 6.07) is 6.74. The van der Waals surface area contributed by atoms with Gasteiger partial charge < -0.3 is 9.84 Å². The van der Waals surface area contributed by atoms with Gasteiger partial charge in [-0.05, 0) is 43.9 Å². The lowest BCUT2D eigenvalue weighted by Crippen LogP contribution is -2.54. The highest BCUT2D eigenvalue weighted by Gasteiger charge is 2.67. The fourth-order valence-electron chi connectivity index (χ4n) is 5.33. The van der Waals surface area contributed by atoms with Crippen LogP contribution in [0.15, 0.2) is 24.3 Å². The van der Waals surface area contributed by atoms with E-state index in [1.54, 1.807) is 0 Å². The number of nitrogens with zero attached hydrogens (tertiary/aromatic N) is 1. The van der Waals surface area contributed by atoms with Crippen LogP contribution in [0, 0.1) is 11.8 Å². The Balaban J connectivity index is 1.67. The zero-order valence-corrected chi connectivity index (χ0v) is 17.6. The summed E-state index contributed by atoms with van der Waals surface area (Å²) in [6.07, 6.45) is 5.62. The lowest BCUT2D eigenvalue weighted by Gasteiger charge is -2.33. The minimum absolute atomic E-state index is 0.104. The van der Waals surface area contributed by atoms with Crippen molar-refractivity contribution in [3.8, 4) is 5.75 Å². The maximum atomic E-state index is 13.4. The van der Waals surface area contributed by atoms with Crippen molar-refractivity contribution in [2.24, 2.45) is 11.8 Å². The van der Waals surface area contributed by atoms with E-state index in [0.717, 1.165) is 49.8 Å². The van der Waals surface area contributed by atoms with Gasteiger partial charge in [-0.25, -0.2) is 0 Å². The standard InChI is InChI=1S/C23H30N2O5/c1-3-13-30-16-11-9-14(10-12-16)19-17-18(23(2,24-19)22(28)29)21(27)25(20(17)26)15-7-5-4-6-8-15/h9-12,15,17-19,24H,3-8,13H2,1-2H3,(H,28,29). The first-order valence-corrected chi connectivity index (χ1v) is 11.0. The van der Waals surface area contributed by atoms with Crippen LogP contribution in [0.25, 0.3) is 0 Å². The van der Waals surface area contributed by atoms with E-state index in [1.165, 1.54) is 11.8 Å². The van der Waals surface area contributed by atoms with E-state index in [9.17, 15) is 19.5 Å². The van der Waals surface area contributed by atoms with Gasteiger partial charge in [-0.1, -0.05) is 38.3 Å². The lowest BCUT2D eigenvalue weighted by atomic mass is 9.80. The molecule has 3 fully saturated rings. The number of aliphatic carboxylic acids is 1. The smallest absolute Gasteiger partial charge is 0.324 e. The summed E-state index contributed by atoms with van der Waals surface area (Å²) in [5.41, 5.74) is -0.687. The monoisotopic (exact) mass is 414 g/mol. The van der Waals surface area contributed by atoms with Crippen LogP contribution in [-0.4, -0.2) is 46.0 Å². The molecule has 0 bridgehead atoms. The van der Waals surface area contributed by atoms with Gasteiger partial charge in [-0.3, -0.25) is 24.6 Å². The number of hydrogen-bond donors (Lipinski definition) is 2. The highest BCUT2D eigenvalue weighted by Crippen LogP contribution is 2.50. The number of carboxylic acid groups (broad SMARTS) is 1. The Kier molecular flexibility index (Phi) is 5.57. The van der Waals surface area contributed by atoms with Crippen molar-refractivity contribution in [2.75, 3.05) is 6.61 Å². The lowest BCUT2D eigenvalue weighted by molar-refractivity contribution is -0.151. The number of fused-ring (bicyclic) bond motifs is 1. The average Bonchev–Trinajstić information content (AvgIpc) is 3.21. The fourth-order valence-corrected chi connectivity index (χ4v) is 5.33. The number of carboxylic acids is 1. The Bertz CT molecular complexity index is 833. The zero-order valence-electron chi connectivity index (χ0n) is 17.6. The summed E-state index contributed by atoms with van der Waals surface area (Å²) in [5, 5.41) is 13.1. The molecule has 4 atom stereocenters. The second-order valence-electron chi connectivity index (χ2n) is 8.89. The van der Waals surface area contributed by atoms with Crippen molar-refractivity contribution < 1.29 is 24.2 Å². The third-order valence-corrected chi connectivity index (χ3v) is 6.92. The van der Waals surface area contributed by atoms with Crippen LogP contribution in [0.1, 0.15) is 64.0 Å². The van der Waals surface area contributed by atoms with Crippen LogP contribution in [0.5, 0.6) is 5.75 Å². The quantitative estimate of drug-likeness (QED) is 0.695. The SMILES string of the molecule is CCCOc1ccc(C2NC(C)(C(=O)O)C3C(=O)N(C4CCCCC4)C(=O)C23)cc1. The molecule has 1 aliphatic carbocycles. The van der Waals surface area contributed by atoms with Crippen LogP contribution < -0.4 is 10.1 Å². The van der Waals surface area contributed by atoms with Gasteiger partial charge in [-0.2, -0.15) is 0 Å². The summed E-state index contributed by atoms with van der Waals surface area (Å²) in [6.45, 7) is 4.18. The normalized spacial score (nSPS) is 31.8. The van der Waals surface area contributed by atoms with Gasteiger partial charge in [0.05, 0.1) is 18.4 Å². The van der Waals surface area contributed by atoms with E-state index >= 15 is 0 Å². The van der Waals surface area contributed by atoms with Gasteiger partial charge in [0.1, 0.15) is 11.3 Å². The first-order chi connectivity index (χ1) is 14.4. The number of rotatable bonds is 6. The number of nitrogens with one attached hydrogen (secondary N) is 1. The number of benzene rings is 1. The first-order valence-electron chi connectivity index (χ1n) is 11.0. The molecule has 0 spiro atoms. The van der Waals surface area contributed by atoms with Gasteiger partial charge in [0.25, 0.3) is 0 Å². The number of hydrogen-bond acceptors (Lipinski definition) is 5. The molecule has 1 aromatic rings. The summed E-state index contributed by atoms with van der Waals surface area (Å²) in [7, 11) is 0. The first kappa shape index (κ1) is 20.8. The molecule has 1 saturated carbocycles. The van der Waals surface area contributed by atoms with Gasteiger partial charge in [0, 0.05) is 12.1 Å². The Morgan fingerprint density at radius 1 is 1.17 bits per heavy atom. The van der Waals surface area contributed by atoms with Crippen LogP contribution >= 0.6 is 0 Å². The number of carbonyl (C=O) groups excluding carboxylic acids is 2. The maximum Gasteiger partial charge on any atom is 0.324 e. The zero-order chi connectivity index (χ0) is 21.5. The minimum Gasteiger partial charge on any atom is -0.494 e. The Labute approximate surface area is 176 Å². The van der Waals surface area contributed by atoms with E-state index in [0.29, 0.717) is 6.61 Å². The van der Waals surface area contributed by atoms with E-state index in [2.05, 4.69) is 5.32 Å². The van der Waals surface area contributed by atoms with Crippen molar-refractivity contribution in [2.45, 2.75) is 70.0 Å². The number of ether oxygens (including phenoxy) is 1. The molecule has 162 valence electrons. The van der Waals surface area contributed by atoms with Crippen molar-refractivity contribution >= 4 is 17.8 Å². The molecule has 2 saturated heterocycles. The van der Waals surface area contributed by atoms with Gasteiger partial charge >= 0.3 is 5.97 Å². The predicted molar refractivity (Wildman–Crippen MR) is 110 cm³/mol. The molecule has 2 amide bonds. The molecule has 3 aliphatic rings. The molecule has 2 N–H and O–H groups in total. The number of likely N-dealkylation sites (tertiary alicyclic amines) is 1. The molecule has 0 radical (unpaired) electrons. The molecule has 30 heavy (non-hydrogen) atoms. The molecular weight excluding hydrogens is 384 g/mol. The van der Waals surface area contributed by atoms with Crippen molar-refractivity contribution in [1.29, 1.82) is 0 Å². The maximum absolute atomic E-state index is 13.4. The third-order valence-electron chi connectivity index (χ3n) is 6.92. The topological polar surface area (TPSA) is 95.9 Å². The molecule has 7 nitrogen and oxygen atoms in total. The predicted octanol–water partition coefficient (Wildman–Crippen LogP) is 2.90. The highest BCUT2D eigenvalue weighted by atomic mass is 16.5. The second-order valence-corrected chi connectivity index (χ2v) is 8.89. The van der Waals surface area contributed by atoms with E-state index in [4.69, 9.17) is 4.74 Å². The van der Waals surface area contributed by atoms with Crippen LogP contribution in [-0.2, 0) is 14.4 Å². The van der Waals surface area contributed by atoms with Crippen LogP contribution in [0.3, 0.4) is 0 Å². The molecule has 2 aliphatic heterocycles. The summed E-state index contributed by atoms with van der Waals surface area (Å²) < 4.78 is 5.63. The third kappa shape index (κ3) is 3.29. The largest absolute Gasteiger partial charge is 0.494 e. The van der Waals surface area contributed by atoms with Gasteiger partial charge in [0.15, 0.2) is 0 Å². The van der Waals surface area contributed by atoms with Crippen molar-refractivity contribution in [1.82, 2.24) is 10.2 Å². The van der Waals surface area contributed by atoms with Gasteiger partial charge in [0.2, 0.25) is 11.8 Å². The Morgan fingerprint density at radius 3 is 2.43 bits per heavy atom. The van der Waals surface area contributed by atoms with Gasteiger partial charge in [-0.15, -0.1) is 0 Å². The van der Waals surface area contributed by atoms with Crippen molar-refractivity contribution in [3.05, 3.63) is 29.8 Å². The van der Waals surface area contributed by atoms with Crippen LogP contribution in [0.2, 0.25) is 0 Å². The Morgan fingerprint density at radius 2 is 1.83 bits per heavy atom. The molecule has 4 unspecified atom stereocenters. The second kappa shape index (κ2) is 8.02. The summed E-state index contributed by atoms with van der Waals surface area (Å²) in [5.74, 6) is -2.54. The molecular formula is C23H30N2O5. The highest BCUT2D eigenvalue weighted by molar-refractivity contribution is 6.09. The van der Waals surface area contributed by atoms with E-state index in [-0.39, 0.29) is 17.9 Å². The molecule has 7 heteroatoms. The summed E-state index contributed by atoms with van der Waals surface area (Å²) >= 11 is 0. The van der Waals surface area contributed by atoms with E-state index in [1.807, 2.05) is 31.2 Å². The molecule has 2 heterocycles. The molecule has 4 rings (SSSR count). The summed E-state index contributed by atoms with van der Waals surface area (Å²) in [4.78, 5) is 40.4. The van der Waals surface area contributed by atoms with E-state index < -0.39 is 29.4 Å².